The normalized spacial score (nSPS) is 16.2. The van der Waals surface area contributed by atoms with Crippen LogP contribution in [0.5, 0.6) is 0 Å². The third kappa shape index (κ3) is 9.80. The predicted octanol–water partition coefficient (Wildman–Crippen LogP) is 6.86. The number of aromatic nitrogens is 2. The number of hydrogen-bond donors (Lipinski definition) is 2. The summed E-state index contributed by atoms with van der Waals surface area (Å²) in [5.74, 6) is -0.456. The van der Waals surface area contributed by atoms with Gasteiger partial charge in [-0.1, -0.05) is 51.1 Å². The highest BCUT2D eigenvalue weighted by Crippen LogP contribution is 2.36. The molecule has 49 heavy (non-hydrogen) atoms. The summed E-state index contributed by atoms with van der Waals surface area (Å²) >= 11 is 0. The number of nitrogens with zero attached hydrogens (tertiary/aromatic N) is 2. The summed E-state index contributed by atoms with van der Waals surface area (Å²) in [5.41, 5.74) is 6.36. The van der Waals surface area contributed by atoms with E-state index in [1.54, 1.807) is 18.2 Å². The minimum atomic E-state index is -3.82. The lowest BCUT2D eigenvalue weighted by molar-refractivity contribution is -0.198. The monoisotopic (exact) mass is 706 g/mol. The van der Waals surface area contributed by atoms with Gasteiger partial charge in [0.05, 0.1) is 4.90 Å². The number of fused-ring (bicyclic) bond motifs is 1. The number of para-hydroxylation sites is 1. The number of carbonyl (C=O) groups excluding carboxylic acids is 1. The van der Waals surface area contributed by atoms with Gasteiger partial charge in [0.2, 0.25) is 0 Å². The Hall–Kier alpha value is -3.52. The molecule has 0 radical (unpaired) electrons. The quantitative estimate of drug-likeness (QED) is 0.0789. The highest BCUT2D eigenvalue weighted by Gasteiger charge is 2.37. The largest absolute Gasteiger partial charge is 0.416 e. The van der Waals surface area contributed by atoms with Crippen molar-refractivity contribution in [3.8, 4) is 0 Å². The molecule has 3 heterocycles. The van der Waals surface area contributed by atoms with Gasteiger partial charge in [-0.15, -0.1) is 0 Å². The summed E-state index contributed by atoms with van der Waals surface area (Å²) in [7, 11) is -5.72. The molecule has 2 aromatic carbocycles. The molecule has 0 spiro atoms. The molecular weight excluding hydrogens is 657 g/mol. The zero-order chi connectivity index (χ0) is 35.1. The van der Waals surface area contributed by atoms with Gasteiger partial charge in [0.25, 0.3) is 15.9 Å². The van der Waals surface area contributed by atoms with Crippen LogP contribution in [0.1, 0.15) is 56.7 Å². The van der Waals surface area contributed by atoms with Crippen LogP contribution in [0, 0.1) is 0 Å². The molecule has 1 aliphatic rings. The number of hydrogen-bond acceptors (Lipinski definition) is 7. The van der Waals surface area contributed by atoms with Gasteiger partial charge in [-0.05, 0) is 84.4 Å². The first kappa shape index (κ1) is 36.7. The number of carbonyl (C=O) groups is 1. The zero-order valence-corrected chi connectivity index (χ0v) is 31.1. The van der Waals surface area contributed by atoms with Crippen LogP contribution in [-0.4, -0.2) is 69.1 Å². The lowest BCUT2D eigenvalue weighted by Gasteiger charge is -2.37. The van der Waals surface area contributed by atoms with Gasteiger partial charge in [0, 0.05) is 74.8 Å². The third-order valence-corrected chi connectivity index (χ3v) is 15.7. The summed E-state index contributed by atoms with van der Waals surface area (Å²) < 4.78 is 40.0. The van der Waals surface area contributed by atoms with Crippen LogP contribution in [0.15, 0.2) is 84.2 Å². The van der Waals surface area contributed by atoms with Crippen LogP contribution in [0.25, 0.3) is 17.0 Å². The Morgan fingerprint density at radius 3 is 2.61 bits per heavy atom. The summed E-state index contributed by atoms with van der Waals surface area (Å²) in [5, 5.41) is 1.37. The van der Waals surface area contributed by atoms with Crippen LogP contribution in [0.3, 0.4) is 0 Å². The number of benzene rings is 2. The van der Waals surface area contributed by atoms with E-state index in [-0.39, 0.29) is 9.93 Å². The highest BCUT2D eigenvalue weighted by molar-refractivity contribution is 7.90. The minimum Gasteiger partial charge on any atom is -0.416 e. The Morgan fingerprint density at radius 2 is 1.88 bits per heavy atom. The van der Waals surface area contributed by atoms with Crippen molar-refractivity contribution < 1.29 is 27.2 Å². The maximum absolute atomic E-state index is 13.5. The number of ether oxygens (including phenoxy) is 1. The molecule has 2 N–H and O–H groups in total. The fraction of sp³-hybridized carbons (Fsp3) is 0.432. The molecule has 1 fully saturated rings. The predicted molar refractivity (Wildman–Crippen MR) is 196 cm³/mol. The number of rotatable bonds is 15. The van der Waals surface area contributed by atoms with Crippen LogP contribution in [0.4, 0.5) is 0 Å². The van der Waals surface area contributed by atoms with E-state index >= 15 is 0 Å². The van der Waals surface area contributed by atoms with E-state index in [1.807, 2.05) is 18.2 Å². The van der Waals surface area contributed by atoms with E-state index in [1.165, 1.54) is 35.5 Å². The third-order valence-electron chi connectivity index (χ3n) is 9.50. The molecule has 4 aromatic rings. The van der Waals surface area contributed by atoms with Gasteiger partial charge in [0.1, 0.15) is 0 Å². The number of H-pyrrole nitrogens is 1. The van der Waals surface area contributed by atoms with Crippen molar-refractivity contribution >= 4 is 41.2 Å². The van der Waals surface area contributed by atoms with Crippen molar-refractivity contribution in [2.75, 3.05) is 26.3 Å². The fourth-order valence-electron chi connectivity index (χ4n) is 5.45. The molecule has 12 heteroatoms. The van der Waals surface area contributed by atoms with E-state index in [2.05, 4.69) is 73.6 Å². The molecule has 0 aliphatic carbocycles. The first-order valence-electron chi connectivity index (χ1n) is 17.0. The Balaban J connectivity index is 1.21. The number of amides is 1. The molecule has 1 atom stereocenters. The molecule has 1 amide bonds. The molecule has 1 unspecified atom stereocenters. The molecule has 1 aliphatic heterocycles. The van der Waals surface area contributed by atoms with E-state index in [0.717, 1.165) is 53.8 Å². The van der Waals surface area contributed by atoms with Crippen molar-refractivity contribution in [2.45, 2.75) is 82.3 Å². The van der Waals surface area contributed by atoms with Crippen molar-refractivity contribution in [1.82, 2.24) is 19.3 Å². The molecule has 5 rings (SSSR count). The lowest BCUT2D eigenvalue weighted by Crippen LogP contribution is -2.43. The maximum Gasteiger partial charge on any atom is 0.267 e. The maximum atomic E-state index is 13.5. The lowest BCUT2D eigenvalue weighted by atomic mass is 10.1. The number of nitrogens with one attached hydrogen (secondary N) is 2. The van der Waals surface area contributed by atoms with E-state index < -0.39 is 30.5 Å². The van der Waals surface area contributed by atoms with Crippen molar-refractivity contribution in [1.29, 1.82) is 0 Å². The van der Waals surface area contributed by atoms with Gasteiger partial charge < -0.3 is 14.1 Å². The molecule has 264 valence electrons. The summed E-state index contributed by atoms with van der Waals surface area (Å²) in [6, 6.07) is 17.0. The van der Waals surface area contributed by atoms with E-state index in [4.69, 9.17) is 14.0 Å². The minimum absolute atomic E-state index is 0.132. The molecule has 10 nitrogen and oxygen atoms in total. The molecular formula is C37H50N4O6SSi. The Bertz CT molecular complexity index is 1820. The standard InChI is InChI=1S/C37H50N4O6SSi/c1-37(2,3)49(4,5)46-25-23-40(21-20-31-26-38-34-11-7-6-10-33(31)34)27-29-13-16-32(17-14-29)48(43,44)41-22-19-30(28-41)15-18-35(42)39-47-36-12-8-9-24-45-36/h6-7,10-11,13-19,22,26,28,36,38H,8-9,12,20-21,23-25,27H2,1-5H3,(H,39,42). The molecule has 0 saturated carbocycles. The second-order valence-electron chi connectivity index (χ2n) is 14.1. The Labute approximate surface area is 291 Å². The van der Waals surface area contributed by atoms with Gasteiger partial charge in [-0.2, -0.15) is 0 Å². The smallest absolute Gasteiger partial charge is 0.267 e. The number of hydroxylamine groups is 1. The van der Waals surface area contributed by atoms with E-state index in [0.29, 0.717) is 25.3 Å². The van der Waals surface area contributed by atoms with Crippen molar-refractivity contribution in [2.24, 2.45) is 0 Å². The average molecular weight is 707 g/mol. The number of aromatic amines is 1. The SMILES string of the molecule is CC(C)(C)[Si](C)(C)OCCN(CCc1c[nH]c2ccccc12)Cc1ccc(S(=O)(=O)n2ccc(C=CC(=O)NOC3CCCCO3)c2)cc1. The topological polar surface area (TPSA) is 115 Å². The van der Waals surface area contributed by atoms with Crippen molar-refractivity contribution in [3.63, 3.8) is 0 Å². The Morgan fingerprint density at radius 1 is 1.10 bits per heavy atom. The van der Waals surface area contributed by atoms with Gasteiger partial charge in [0.15, 0.2) is 14.6 Å². The van der Waals surface area contributed by atoms with E-state index in [9.17, 15) is 13.2 Å². The molecule has 0 bridgehead atoms. The Kier molecular flexibility index (Phi) is 12.0. The van der Waals surface area contributed by atoms with Crippen LogP contribution in [-0.2, 0) is 41.8 Å². The average Bonchev–Trinajstić information content (AvgIpc) is 3.73. The van der Waals surface area contributed by atoms with Gasteiger partial charge in [-0.25, -0.2) is 22.7 Å². The van der Waals surface area contributed by atoms with Gasteiger partial charge >= 0.3 is 0 Å². The summed E-state index contributed by atoms with van der Waals surface area (Å²) in [4.78, 5) is 23.4. The fourth-order valence-corrected chi connectivity index (χ4v) is 7.69. The first-order chi connectivity index (χ1) is 23.3. The van der Waals surface area contributed by atoms with Crippen LogP contribution in [0.2, 0.25) is 18.1 Å². The summed E-state index contributed by atoms with van der Waals surface area (Å²) in [6.07, 6.45) is 11.0. The highest BCUT2D eigenvalue weighted by atomic mass is 32.2. The zero-order valence-electron chi connectivity index (χ0n) is 29.3. The van der Waals surface area contributed by atoms with Crippen LogP contribution < -0.4 is 5.48 Å². The first-order valence-corrected chi connectivity index (χ1v) is 21.4. The second kappa shape index (κ2) is 16.0. The van der Waals surface area contributed by atoms with Crippen LogP contribution >= 0.6 is 0 Å². The molecule has 1 saturated heterocycles. The van der Waals surface area contributed by atoms with Crippen molar-refractivity contribution in [3.05, 3.63) is 96.0 Å². The second-order valence-corrected chi connectivity index (χ2v) is 20.8. The summed E-state index contributed by atoms with van der Waals surface area (Å²) in [6.45, 7) is 14.8. The molecule has 2 aromatic heterocycles. The van der Waals surface area contributed by atoms with Gasteiger partial charge in [-0.3, -0.25) is 9.69 Å².